The normalized spacial score (nSPS) is 25.1. The molecule has 3 rings (SSSR count). The van der Waals surface area contributed by atoms with Crippen molar-refractivity contribution < 1.29 is 0 Å². The number of thiocarbonyl (C=S) groups is 1. The van der Waals surface area contributed by atoms with Crippen molar-refractivity contribution in [2.75, 3.05) is 0 Å². The van der Waals surface area contributed by atoms with E-state index in [-0.39, 0.29) is 0 Å². The lowest BCUT2D eigenvalue weighted by atomic mass is 9.86. The molecule has 0 unspecified atom stereocenters. The summed E-state index contributed by atoms with van der Waals surface area (Å²) in [5.74, 6) is 0.860. The quantitative estimate of drug-likeness (QED) is 0.710. The summed E-state index contributed by atoms with van der Waals surface area (Å²) in [6.07, 6.45) is 18.4. The minimum Gasteiger partial charge on any atom is -0.360 e. The van der Waals surface area contributed by atoms with Gasteiger partial charge in [-0.3, -0.25) is 4.98 Å². The second kappa shape index (κ2) is 10.2. The highest BCUT2D eigenvalue weighted by Gasteiger charge is 2.27. The largest absolute Gasteiger partial charge is 0.360 e. The fraction of sp³-hybridized carbons (Fsp3) is 0.727. The molecule has 4 heteroatoms. The van der Waals surface area contributed by atoms with Crippen LogP contribution in [0.5, 0.6) is 0 Å². The molecule has 2 saturated carbocycles. The van der Waals surface area contributed by atoms with Gasteiger partial charge in [0.05, 0.1) is 0 Å². The molecular weight excluding hydrogens is 338 g/mol. The summed E-state index contributed by atoms with van der Waals surface area (Å²) >= 11 is 5.94. The Morgan fingerprint density at radius 1 is 1.08 bits per heavy atom. The Bertz CT molecular complexity index is 532. The van der Waals surface area contributed by atoms with E-state index in [0.717, 1.165) is 17.6 Å². The minimum atomic E-state index is 0.557. The molecule has 3 nitrogen and oxygen atoms in total. The first-order valence-corrected chi connectivity index (χ1v) is 11.1. The summed E-state index contributed by atoms with van der Waals surface area (Å²) in [5, 5.41) is 4.72. The van der Waals surface area contributed by atoms with E-state index in [0.29, 0.717) is 12.1 Å². The number of aromatic nitrogens is 1. The van der Waals surface area contributed by atoms with Gasteiger partial charge in [-0.15, -0.1) is 0 Å². The Balaban J connectivity index is 1.65. The summed E-state index contributed by atoms with van der Waals surface area (Å²) in [5.41, 5.74) is 1.26. The second-order valence-electron chi connectivity index (χ2n) is 8.39. The first kappa shape index (κ1) is 19.6. The topological polar surface area (TPSA) is 28.2 Å². The van der Waals surface area contributed by atoms with Crippen molar-refractivity contribution in [1.82, 2.24) is 15.2 Å². The molecule has 2 aliphatic carbocycles. The van der Waals surface area contributed by atoms with E-state index in [1.165, 1.54) is 76.2 Å². The molecule has 0 bridgehead atoms. The molecule has 1 heterocycles. The van der Waals surface area contributed by atoms with Gasteiger partial charge in [0.25, 0.3) is 0 Å². The van der Waals surface area contributed by atoms with Gasteiger partial charge in [0.2, 0.25) is 0 Å². The highest BCUT2D eigenvalue weighted by atomic mass is 32.1. The Kier molecular flexibility index (Phi) is 7.72. The Morgan fingerprint density at radius 3 is 2.42 bits per heavy atom. The Morgan fingerprint density at radius 2 is 1.77 bits per heavy atom. The molecule has 2 aliphatic rings. The zero-order chi connectivity index (χ0) is 18.2. The first-order valence-electron chi connectivity index (χ1n) is 10.7. The predicted octanol–water partition coefficient (Wildman–Crippen LogP) is 5.45. The molecule has 0 atom stereocenters. The van der Waals surface area contributed by atoms with Gasteiger partial charge in [0, 0.05) is 31.0 Å². The van der Waals surface area contributed by atoms with Gasteiger partial charge < -0.3 is 10.2 Å². The van der Waals surface area contributed by atoms with Crippen LogP contribution in [0, 0.1) is 5.92 Å². The lowest BCUT2D eigenvalue weighted by Crippen LogP contribution is -2.49. The summed E-state index contributed by atoms with van der Waals surface area (Å²) in [6.45, 7) is 3.26. The van der Waals surface area contributed by atoms with Crippen molar-refractivity contribution in [1.29, 1.82) is 0 Å². The molecule has 1 N–H and O–H groups in total. The van der Waals surface area contributed by atoms with E-state index in [1.807, 2.05) is 18.5 Å². The van der Waals surface area contributed by atoms with Crippen LogP contribution in [-0.4, -0.2) is 27.1 Å². The van der Waals surface area contributed by atoms with E-state index >= 15 is 0 Å². The third kappa shape index (κ3) is 5.94. The monoisotopic (exact) mass is 373 g/mol. The van der Waals surface area contributed by atoms with Gasteiger partial charge >= 0.3 is 0 Å². The van der Waals surface area contributed by atoms with Crippen LogP contribution in [-0.2, 0) is 6.54 Å². The fourth-order valence-corrected chi connectivity index (χ4v) is 4.85. The molecule has 2 fully saturated rings. The van der Waals surface area contributed by atoms with E-state index < -0.39 is 0 Å². The minimum absolute atomic E-state index is 0.557. The van der Waals surface area contributed by atoms with E-state index in [9.17, 15) is 0 Å². The molecule has 26 heavy (non-hydrogen) atoms. The standard InChI is InChI=1S/C22H35N3S/c1-18-11-13-21(14-12-18)25(17-19-8-7-15-23-16-19)22(26)24-20-9-5-3-2-4-6-10-20/h7-8,15-16,18,20-21H,2-6,9-14,17H2,1H3,(H,24,26). The van der Waals surface area contributed by atoms with Crippen molar-refractivity contribution in [3.63, 3.8) is 0 Å². The van der Waals surface area contributed by atoms with Crippen LogP contribution < -0.4 is 5.32 Å². The summed E-state index contributed by atoms with van der Waals surface area (Å²) < 4.78 is 0. The van der Waals surface area contributed by atoms with Crippen LogP contribution in [0.4, 0.5) is 0 Å². The molecule has 144 valence electrons. The number of hydrogen-bond donors (Lipinski definition) is 1. The summed E-state index contributed by atoms with van der Waals surface area (Å²) in [6, 6.07) is 5.33. The zero-order valence-corrected chi connectivity index (χ0v) is 17.1. The highest BCUT2D eigenvalue weighted by molar-refractivity contribution is 7.80. The van der Waals surface area contributed by atoms with Gasteiger partial charge in [0.15, 0.2) is 5.11 Å². The second-order valence-corrected chi connectivity index (χ2v) is 8.78. The number of pyridine rings is 1. The lowest BCUT2D eigenvalue weighted by molar-refractivity contribution is 0.204. The molecule has 0 aliphatic heterocycles. The van der Waals surface area contributed by atoms with Crippen molar-refractivity contribution in [3.8, 4) is 0 Å². The molecule has 1 aromatic rings. The molecule has 0 amide bonds. The number of rotatable bonds is 4. The summed E-state index contributed by atoms with van der Waals surface area (Å²) in [4.78, 5) is 6.77. The van der Waals surface area contributed by atoms with Gasteiger partial charge in [-0.2, -0.15) is 0 Å². The molecule has 0 aromatic carbocycles. The fourth-order valence-electron chi connectivity index (χ4n) is 4.47. The van der Waals surface area contributed by atoms with E-state index in [1.54, 1.807) is 0 Å². The maximum Gasteiger partial charge on any atom is 0.169 e. The van der Waals surface area contributed by atoms with Gasteiger partial charge in [0.1, 0.15) is 0 Å². The van der Waals surface area contributed by atoms with Crippen LogP contribution in [0.25, 0.3) is 0 Å². The van der Waals surface area contributed by atoms with E-state index in [2.05, 4.69) is 28.2 Å². The highest BCUT2D eigenvalue weighted by Crippen LogP contribution is 2.28. The molecule has 0 spiro atoms. The maximum absolute atomic E-state index is 5.94. The van der Waals surface area contributed by atoms with Crippen LogP contribution in [0.1, 0.15) is 83.1 Å². The average molecular weight is 374 g/mol. The van der Waals surface area contributed by atoms with Crippen molar-refractivity contribution in [3.05, 3.63) is 30.1 Å². The first-order chi connectivity index (χ1) is 12.7. The zero-order valence-electron chi connectivity index (χ0n) is 16.3. The van der Waals surface area contributed by atoms with Crippen molar-refractivity contribution >= 4 is 17.3 Å². The number of hydrogen-bond acceptors (Lipinski definition) is 2. The molecular formula is C22H35N3S. The molecule has 0 radical (unpaired) electrons. The Hall–Kier alpha value is -1.16. The smallest absolute Gasteiger partial charge is 0.169 e. The van der Waals surface area contributed by atoms with Crippen LogP contribution in [0.15, 0.2) is 24.5 Å². The van der Waals surface area contributed by atoms with Gasteiger partial charge in [-0.05, 0) is 68.3 Å². The van der Waals surface area contributed by atoms with Gasteiger partial charge in [-0.25, -0.2) is 0 Å². The molecule has 0 saturated heterocycles. The van der Waals surface area contributed by atoms with Crippen molar-refractivity contribution in [2.24, 2.45) is 5.92 Å². The van der Waals surface area contributed by atoms with Crippen LogP contribution in [0.3, 0.4) is 0 Å². The van der Waals surface area contributed by atoms with Crippen LogP contribution in [0.2, 0.25) is 0 Å². The number of nitrogens with one attached hydrogen (secondary N) is 1. The maximum atomic E-state index is 5.94. The molecule has 1 aromatic heterocycles. The van der Waals surface area contributed by atoms with Crippen LogP contribution >= 0.6 is 12.2 Å². The number of nitrogens with zero attached hydrogens (tertiary/aromatic N) is 2. The SMILES string of the molecule is CC1CCC(N(Cc2cccnc2)C(=S)NC2CCCCCCC2)CC1. The Labute approximate surface area is 165 Å². The average Bonchev–Trinajstić information content (AvgIpc) is 2.63. The van der Waals surface area contributed by atoms with E-state index in [4.69, 9.17) is 12.2 Å². The predicted molar refractivity (Wildman–Crippen MR) is 113 cm³/mol. The van der Waals surface area contributed by atoms with Crippen molar-refractivity contribution in [2.45, 2.75) is 96.2 Å². The lowest BCUT2D eigenvalue weighted by Gasteiger charge is -2.39. The summed E-state index contributed by atoms with van der Waals surface area (Å²) in [7, 11) is 0. The third-order valence-corrected chi connectivity index (χ3v) is 6.55. The van der Waals surface area contributed by atoms with Gasteiger partial charge in [-0.1, -0.05) is 45.1 Å². The third-order valence-electron chi connectivity index (χ3n) is 6.20.